The van der Waals surface area contributed by atoms with E-state index >= 15 is 0 Å². The molecule has 0 saturated carbocycles. The van der Waals surface area contributed by atoms with Crippen molar-refractivity contribution >= 4 is 23.0 Å². The lowest BCUT2D eigenvalue weighted by Crippen LogP contribution is -2.22. The van der Waals surface area contributed by atoms with E-state index in [2.05, 4.69) is 20.4 Å². The van der Waals surface area contributed by atoms with Crippen molar-refractivity contribution < 1.29 is 4.92 Å². The predicted octanol–water partition coefficient (Wildman–Crippen LogP) is 2.98. The number of nitro benzene ring substituents is 1. The van der Waals surface area contributed by atoms with Gasteiger partial charge in [0.05, 0.1) is 10.6 Å². The summed E-state index contributed by atoms with van der Waals surface area (Å²) in [4.78, 5) is 12.8. The van der Waals surface area contributed by atoms with Crippen LogP contribution >= 0.6 is 0 Å². The highest BCUT2D eigenvalue weighted by atomic mass is 16.6. The van der Waals surface area contributed by atoms with Gasteiger partial charge in [0, 0.05) is 26.2 Å². The van der Waals surface area contributed by atoms with E-state index in [4.69, 9.17) is 0 Å². The molecule has 0 radical (unpaired) electrons. The molecule has 9 nitrogen and oxygen atoms in total. The molecule has 0 unspecified atom stereocenters. The van der Waals surface area contributed by atoms with E-state index in [1.54, 1.807) is 23.7 Å². The molecule has 0 saturated heterocycles. The summed E-state index contributed by atoms with van der Waals surface area (Å²) in [5.41, 5.74) is 0.983. The topological polar surface area (TPSA) is 102 Å². The molecule has 0 N–H and O–H groups in total. The summed E-state index contributed by atoms with van der Waals surface area (Å²) >= 11 is 0. The summed E-state index contributed by atoms with van der Waals surface area (Å²) < 4.78 is 1.60. The zero-order valence-corrected chi connectivity index (χ0v) is 12.7. The van der Waals surface area contributed by atoms with Gasteiger partial charge < -0.3 is 9.47 Å². The Kier molecular flexibility index (Phi) is 4.77. The lowest BCUT2D eigenvalue weighted by Gasteiger charge is -2.20. The molecule has 0 aliphatic carbocycles. The molecular weight excluding hydrogens is 286 g/mol. The Hall–Kier alpha value is -2.84. The van der Waals surface area contributed by atoms with E-state index < -0.39 is 4.92 Å². The number of azo groups is 1. The molecule has 2 aromatic rings. The molecule has 1 heterocycles. The number of rotatable bonds is 6. The van der Waals surface area contributed by atoms with Gasteiger partial charge in [0.1, 0.15) is 12.0 Å². The summed E-state index contributed by atoms with van der Waals surface area (Å²) in [7, 11) is 1.74. The molecule has 2 rings (SSSR count). The molecule has 0 fully saturated rings. The van der Waals surface area contributed by atoms with E-state index in [1.807, 2.05) is 18.7 Å². The normalized spacial score (nSPS) is 11.0. The Morgan fingerprint density at radius 2 is 2.05 bits per heavy atom. The second-order valence-electron chi connectivity index (χ2n) is 4.54. The standard InChI is InChI=1S/C13H17N7O2/c1-4-19(5-2)11-7-6-10(8-12(11)20(21)22)15-17-13-16-14-9-18(13)3/h6-9H,4-5H2,1-3H3. The van der Waals surface area contributed by atoms with Crippen molar-refractivity contribution in [2.45, 2.75) is 13.8 Å². The first kappa shape index (κ1) is 15.5. The van der Waals surface area contributed by atoms with Gasteiger partial charge in [0.2, 0.25) is 0 Å². The van der Waals surface area contributed by atoms with Gasteiger partial charge in [-0.3, -0.25) is 10.1 Å². The summed E-state index contributed by atoms with van der Waals surface area (Å²) in [6, 6.07) is 4.80. The molecule has 116 valence electrons. The van der Waals surface area contributed by atoms with Gasteiger partial charge in [-0.05, 0) is 26.0 Å². The van der Waals surface area contributed by atoms with Crippen LogP contribution in [-0.2, 0) is 7.05 Å². The smallest absolute Gasteiger partial charge is 0.294 e. The third-order valence-corrected chi connectivity index (χ3v) is 3.20. The van der Waals surface area contributed by atoms with Crippen molar-refractivity contribution in [3.63, 3.8) is 0 Å². The molecule has 1 aromatic heterocycles. The van der Waals surface area contributed by atoms with Crippen LogP contribution in [0.25, 0.3) is 0 Å². The van der Waals surface area contributed by atoms with Crippen molar-refractivity contribution in [1.29, 1.82) is 0 Å². The van der Waals surface area contributed by atoms with Crippen LogP contribution in [0.1, 0.15) is 13.8 Å². The molecule has 0 bridgehead atoms. The van der Waals surface area contributed by atoms with Gasteiger partial charge in [0.15, 0.2) is 0 Å². The van der Waals surface area contributed by atoms with Crippen LogP contribution in [-0.4, -0.2) is 32.8 Å². The SMILES string of the molecule is CCN(CC)c1ccc(N=Nc2nncn2C)cc1[N+](=O)[O-]. The highest BCUT2D eigenvalue weighted by Crippen LogP contribution is 2.32. The van der Waals surface area contributed by atoms with Gasteiger partial charge in [-0.2, -0.15) is 0 Å². The number of hydrogen-bond donors (Lipinski definition) is 0. The second kappa shape index (κ2) is 6.74. The monoisotopic (exact) mass is 303 g/mol. The lowest BCUT2D eigenvalue weighted by atomic mass is 10.2. The zero-order chi connectivity index (χ0) is 16.1. The van der Waals surface area contributed by atoms with E-state index in [-0.39, 0.29) is 5.69 Å². The summed E-state index contributed by atoms with van der Waals surface area (Å²) in [6.45, 7) is 5.29. The first-order chi connectivity index (χ1) is 10.6. The minimum Gasteiger partial charge on any atom is -0.367 e. The molecule has 1 aromatic carbocycles. The maximum absolute atomic E-state index is 11.3. The van der Waals surface area contributed by atoms with Crippen molar-refractivity contribution in [2.24, 2.45) is 17.3 Å². The minimum absolute atomic E-state index is 0.0121. The van der Waals surface area contributed by atoms with Gasteiger partial charge in [-0.15, -0.1) is 20.4 Å². The van der Waals surface area contributed by atoms with Gasteiger partial charge in [-0.1, -0.05) is 0 Å². The predicted molar refractivity (Wildman–Crippen MR) is 81.8 cm³/mol. The number of nitro groups is 1. The van der Waals surface area contributed by atoms with Crippen LogP contribution in [0.2, 0.25) is 0 Å². The summed E-state index contributed by atoms with van der Waals surface area (Å²) in [5, 5.41) is 26.6. The Morgan fingerprint density at radius 1 is 1.32 bits per heavy atom. The first-order valence-electron chi connectivity index (χ1n) is 6.86. The lowest BCUT2D eigenvalue weighted by molar-refractivity contribution is -0.384. The fourth-order valence-corrected chi connectivity index (χ4v) is 2.02. The third-order valence-electron chi connectivity index (χ3n) is 3.20. The van der Waals surface area contributed by atoms with E-state index in [0.717, 1.165) is 0 Å². The Balaban J connectivity index is 2.35. The molecular formula is C13H17N7O2. The largest absolute Gasteiger partial charge is 0.367 e. The Bertz CT molecular complexity index is 691. The molecule has 0 aliphatic rings. The van der Waals surface area contributed by atoms with E-state index in [9.17, 15) is 10.1 Å². The Labute approximate surface area is 127 Å². The van der Waals surface area contributed by atoms with Crippen LogP contribution in [0, 0.1) is 10.1 Å². The maximum Gasteiger partial charge on any atom is 0.294 e. The highest BCUT2D eigenvalue weighted by molar-refractivity contribution is 5.67. The third kappa shape index (κ3) is 3.25. The van der Waals surface area contributed by atoms with Crippen LogP contribution in [0.4, 0.5) is 23.0 Å². The van der Waals surface area contributed by atoms with Crippen LogP contribution in [0.15, 0.2) is 34.8 Å². The molecule has 9 heteroatoms. The van der Waals surface area contributed by atoms with Crippen LogP contribution in [0.3, 0.4) is 0 Å². The molecule has 0 aliphatic heterocycles. The maximum atomic E-state index is 11.3. The van der Waals surface area contributed by atoms with Crippen LogP contribution < -0.4 is 4.90 Å². The average molecular weight is 303 g/mol. The number of hydrogen-bond acceptors (Lipinski definition) is 7. The quantitative estimate of drug-likeness (QED) is 0.463. The number of nitrogens with zero attached hydrogens (tertiary/aromatic N) is 7. The van der Waals surface area contributed by atoms with Crippen molar-refractivity contribution in [3.05, 3.63) is 34.6 Å². The molecule has 0 amide bonds. The molecule has 22 heavy (non-hydrogen) atoms. The van der Waals surface area contributed by atoms with E-state index in [1.165, 1.54) is 12.4 Å². The Morgan fingerprint density at radius 3 is 2.59 bits per heavy atom. The second-order valence-corrected chi connectivity index (χ2v) is 4.54. The minimum atomic E-state index is -0.408. The van der Waals surface area contributed by atoms with Gasteiger partial charge in [-0.25, -0.2) is 0 Å². The van der Waals surface area contributed by atoms with E-state index in [0.29, 0.717) is 30.4 Å². The summed E-state index contributed by atoms with van der Waals surface area (Å²) in [6.07, 6.45) is 1.50. The van der Waals surface area contributed by atoms with Crippen molar-refractivity contribution in [3.8, 4) is 0 Å². The fourth-order valence-electron chi connectivity index (χ4n) is 2.02. The van der Waals surface area contributed by atoms with Gasteiger partial charge in [0.25, 0.3) is 11.6 Å². The number of anilines is 1. The fraction of sp³-hybridized carbons (Fsp3) is 0.385. The summed E-state index contributed by atoms with van der Waals surface area (Å²) in [5.74, 6) is 0.329. The van der Waals surface area contributed by atoms with Crippen molar-refractivity contribution in [2.75, 3.05) is 18.0 Å². The molecule has 0 atom stereocenters. The molecule has 0 spiro atoms. The van der Waals surface area contributed by atoms with Gasteiger partial charge >= 0.3 is 0 Å². The van der Waals surface area contributed by atoms with Crippen molar-refractivity contribution in [1.82, 2.24) is 14.8 Å². The van der Waals surface area contributed by atoms with Crippen LogP contribution in [0.5, 0.6) is 0 Å². The number of aryl methyl sites for hydroxylation is 1. The first-order valence-corrected chi connectivity index (χ1v) is 6.86. The number of aromatic nitrogens is 3. The zero-order valence-electron chi connectivity index (χ0n) is 12.7. The highest BCUT2D eigenvalue weighted by Gasteiger charge is 2.18. The average Bonchev–Trinajstić information content (AvgIpc) is 2.92. The number of benzene rings is 1.